The van der Waals surface area contributed by atoms with Gasteiger partial charge in [0.05, 0.1) is 15.1 Å². The average molecular weight is 391 g/mol. The average Bonchev–Trinajstić information content (AvgIpc) is 2.89. The van der Waals surface area contributed by atoms with Crippen LogP contribution in [0.4, 0.5) is 0 Å². The number of nitrogens with zero attached hydrogens (tertiary/aromatic N) is 1. The van der Waals surface area contributed by atoms with E-state index in [1.54, 1.807) is 22.8 Å². The van der Waals surface area contributed by atoms with Crippen LogP contribution in [0.15, 0.2) is 52.2 Å². The first kappa shape index (κ1) is 18.8. The fraction of sp³-hybridized carbons (Fsp3) is 0.316. The van der Waals surface area contributed by atoms with E-state index < -0.39 is 10.0 Å². The van der Waals surface area contributed by atoms with E-state index in [0.29, 0.717) is 4.70 Å². The summed E-state index contributed by atoms with van der Waals surface area (Å²) >= 11 is 1.07. The van der Waals surface area contributed by atoms with E-state index in [1.165, 1.54) is 0 Å². The molecular weight excluding hydrogens is 368 g/mol. The van der Waals surface area contributed by atoms with Gasteiger partial charge in [-0.05, 0) is 51.5 Å². The summed E-state index contributed by atoms with van der Waals surface area (Å²) in [4.78, 5) is 12.2. The highest BCUT2D eigenvalue weighted by Crippen LogP contribution is 2.25. The summed E-state index contributed by atoms with van der Waals surface area (Å²) in [6.07, 6.45) is 0. The number of benzene rings is 2. The fourth-order valence-electron chi connectivity index (χ4n) is 2.90. The summed E-state index contributed by atoms with van der Waals surface area (Å²) in [5, 5.41) is 0. The van der Waals surface area contributed by atoms with Crippen molar-refractivity contribution < 1.29 is 8.42 Å². The molecule has 0 aliphatic carbocycles. The Balaban J connectivity index is 1.94. The number of nitrogens with one attached hydrogen (secondary N) is 1. The third-order valence-corrected chi connectivity index (χ3v) is 6.78. The van der Waals surface area contributed by atoms with E-state index in [-0.39, 0.29) is 21.9 Å². The summed E-state index contributed by atoms with van der Waals surface area (Å²) in [6.45, 7) is 7.67. The lowest BCUT2D eigenvalue weighted by atomic mass is 10.1. The van der Waals surface area contributed by atoms with Gasteiger partial charge < -0.3 is 0 Å². The maximum Gasteiger partial charge on any atom is 0.308 e. The Morgan fingerprint density at radius 2 is 1.69 bits per heavy atom. The van der Waals surface area contributed by atoms with Gasteiger partial charge in [0.2, 0.25) is 10.0 Å². The van der Waals surface area contributed by atoms with Crippen LogP contribution >= 0.6 is 11.3 Å². The molecule has 1 atom stereocenters. The number of fused-ring (bicyclic) bond motifs is 1. The van der Waals surface area contributed by atoms with E-state index in [0.717, 1.165) is 28.0 Å². The molecule has 2 aromatic carbocycles. The molecule has 0 bridgehead atoms. The molecule has 1 N–H and O–H groups in total. The Kier molecular flexibility index (Phi) is 5.05. The Morgan fingerprint density at radius 3 is 2.31 bits per heavy atom. The molecule has 26 heavy (non-hydrogen) atoms. The summed E-state index contributed by atoms with van der Waals surface area (Å²) in [6, 6.07) is 12.3. The molecule has 0 aliphatic heterocycles. The van der Waals surface area contributed by atoms with Gasteiger partial charge >= 0.3 is 4.87 Å². The smallest absolute Gasteiger partial charge is 0.296 e. The molecule has 7 heteroatoms. The van der Waals surface area contributed by atoms with Crippen LogP contribution in [0.2, 0.25) is 0 Å². The minimum absolute atomic E-state index is 0.0263. The first-order chi connectivity index (χ1) is 12.2. The molecule has 0 saturated carbocycles. The number of thiazole rings is 1. The first-order valence-corrected chi connectivity index (χ1v) is 10.7. The van der Waals surface area contributed by atoms with Crippen molar-refractivity contribution in [1.29, 1.82) is 0 Å². The van der Waals surface area contributed by atoms with Gasteiger partial charge in [0.25, 0.3) is 0 Å². The second-order valence-corrected chi connectivity index (χ2v) is 9.42. The second-order valence-electron chi connectivity index (χ2n) is 6.71. The van der Waals surface area contributed by atoms with Crippen molar-refractivity contribution in [3.8, 4) is 0 Å². The van der Waals surface area contributed by atoms with E-state index >= 15 is 0 Å². The standard InChI is InChI=1S/C19H22N2O3S2/c1-12(2)21-17-10-9-16(11-18(17)25-19(21)22)26(23,24)20-14(4)15-7-5-13(3)6-8-15/h5-12,14,20H,1-4H3/t14-/m0/s1. The lowest BCUT2D eigenvalue weighted by Crippen LogP contribution is -2.26. The number of aromatic nitrogens is 1. The zero-order chi connectivity index (χ0) is 19.1. The van der Waals surface area contributed by atoms with Crippen LogP contribution < -0.4 is 9.60 Å². The number of hydrogen-bond donors (Lipinski definition) is 1. The van der Waals surface area contributed by atoms with Gasteiger partial charge in [-0.25, -0.2) is 13.1 Å². The number of aryl methyl sites for hydroxylation is 1. The molecule has 1 heterocycles. The SMILES string of the molecule is Cc1ccc([C@H](C)NS(=O)(=O)c2ccc3c(c2)sc(=O)n3C(C)C)cc1. The molecule has 3 aromatic rings. The van der Waals surface area contributed by atoms with Crippen LogP contribution in [0.25, 0.3) is 10.2 Å². The van der Waals surface area contributed by atoms with Crippen molar-refractivity contribution in [3.05, 3.63) is 63.3 Å². The molecule has 0 saturated heterocycles. The summed E-state index contributed by atoms with van der Waals surface area (Å²) in [5.74, 6) is 0. The molecule has 5 nitrogen and oxygen atoms in total. The van der Waals surface area contributed by atoms with Crippen molar-refractivity contribution in [2.75, 3.05) is 0 Å². The highest BCUT2D eigenvalue weighted by Gasteiger charge is 2.20. The predicted molar refractivity (Wildman–Crippen MR) is 106 cm³/mol. The van der Waals surface area contributed by atoms with E-state index in [2.05, 4.69) is 4.72 Å². The Morgan fingerprint density at radius 1 is 1.04 bits per heavy atom. The Hall–Kier alpha value is -1.96. The number of rotatable bonds is 5. The molecule has 0 fully saturated rings. The largest absolute Gasteiger partial charge is 0.308 e. The molecule has 0 aliphatic rings. The zero-order valence-corrected chi connectivity index (χ0v) is 16.8. The van der Waals surface area contributed by atoms with Crippen molar-refractivity contribution in [1.82, 2.24) is 9.29 Å². The minimum Gasteiger partial charge on any atom is -0.296 e. The molecule has 0 radical (unpaired) electrons. The molecule has 1 aromatic heterocycles. The Bertz CT molecular complexity index is 1090. The third kappa shape index (κ3) is 3.60. The highest BCUT2D eigenvalue weighted by atomic mass is 32.2. The molecule has 0 amide bonds. The topological polar surface area (TPSA) is 68.2 Å². The van der Waals surface area contributed by atoms with Crippen LogP contribution in [0.5, 0.6) is 0 Å². The van der Waals surface area contributed by atoms with Crippen LogP contribution in [0.1, 0.15) is 44.0 Å². The van der Waals surface area contributed by atoms with Gasteiger partial charge in [-0.1, -0.05) is 41.2 Å². The monoisotopic (exact) mass is 390 g/mol. The van der Waals surface area contributed by atoms with E-state index in [4.69, 9.17) is 0 Å². The lowest BCUT2D eigenvalue weighted by molar-refractivity contribution is 0.567. The first-order valence-electron chi connectivity index (χ1n) is 8.43. The summed E-state index contributed by atoms with van der Waals surface area (Å²) < 4.78 is 30.6. The number of sulfonamides is 1. The van der Waals surface area contributed by atoms with Crippen LogP contribution in [0, 0.1) is 6.92 Å². The number of hydrogen-bond acceptors (Lipinski definition) is 4. The van der Waals surface area contributed by atoms with Gasteiger partial charge in [0.1, 0.15) is 0 Å². The normalized spacial score (nSPS) is 13.4. The predicted octanol–water partition coefficient (Wildman–Crippen LogP) is 3.99. The third-order valence-electron chi connectivity index (χ3n) is 4.32. The Labute approximate surface area is 157 Å². The summed E-state index contributed by atoms with van der Waals surface area (Å²) in [5.41, 5.74) is 2.79. The zero-order valence-electron chi connectivity index (χ0n) is 15.2. The molecular formula is C19H22N2O3S2. The van der Waals surface area contributed by atoms with Crippen LogP contribution in [-0.4, -0.2) is 13.0 Å². The highest BCUT2D eigenvalue weighted by molar-refractivity contribution is 7.89. The van der Waals surface area contributed by atoms with Crippen molar-refractivity contribution >= 4 is 31.6 Å². The molecule has 0 unspecified atom stereocenters. The van der Waals surface area contributed by atoms with Crippen molar-refractivity contribution in [3.63, 3.8) is 0 Å². The molecule has 3 rings (SSSR count). The van der Waals surface area contributed by atoms with Gasteiger partial charge in [-0.3, -0.25) is 9.36 Å². The van der Waals surface area contributed by atoms with E-state index in [1.807, 2.05) is 52.0 Å². The maximum atomic E-state index is 12.8. The maximum absolute atomic E-state index is 12.8. The fourth-order valence-corrected chi connectivity index (χ4v) is 5.28. The van der Waals surface area contributed by atoms with Gasteiger partial charge in [0.15, 0.2) is 0 Å². The van der Waals surface area contributed by atoms with Crippen LogP contribution in [-0.2, 0) is 10.0 Å². The summed E-state index contributed by atoms with van der Waals surface area (Å²) in [7, 11) is -3.69. The quantitative estimate of drug-likeness (QED) is 0.716. The van der Waals surface area contributed by atoms with Gasteiger partial charge in [-0.2, -0.15) is 0 Å². The second kappa shape index (κ2) is 6.98. The van der Waals surface area contributed by atoms with E-state index in [9.17, 15) is 13.2 Å². The molecule has 0 spiro atoms. The van der Waals surface area contributed by atoms with Gasteiger partial charge in [-0.15, -0.1) is 0 Å². The molecule has 138 valence electrons. The minimum atomic E-state index is -3.69. The lowest BCUT2D eigenvalue weighted by Gasteiger charge is -2.15. The van der Waals surface area contributed by atoms with Gasteiger partial charge in [0, 0.05) is 12.1 Å². The van der Waals surface area contributed by atoms with Crippen molar-refractivity contribution in [2.24, 2.45) is 0 Å². The van der Waals surface area contributed by atoms with Crippen LogP contribution in [0.3, 0.4) is 0 Å². The van der Waals surface area contributed by atoms with Crippen molar-refractivity contribution in [2.45, 2.75) is 44.7 Å².